The molecule has 0 radical (unpaired) electrons. The van der Waals surface area contributed by atoms with Gasteiger partial charge in [-0.25, -0.2) is 17.9 Å². The summed E-state index contributed by atoms with van der Waals surface area (Å²) in [5.74, 6) is -1.08. The predicted octanol–water partition coefficient (Wildman–Crippen LogP) is 0.0700. The van der Waals surface area contributed by atoms with E-state index in [1.54, 1.807) is 0 Å². The number of methoxy groups -OCH3 is 1. The van der Waals surface area contributed by atoms with E-state index >= 15 is 0 Å². The molecule has 0 saturated heterocycles. The maximum absolute atomic E-state index is 12.1. The lowest BCUT2D eigenvalue weighted by atomic mass is 10.2. The van der Waals surface area contributed by atoms with Crippen LogP contribution in [-0.2, 0) is 19.6 Å². The van der Waals surface area contributed by atoms with Crippen LogP contribution < -0.4 is 4.72 Å². The van der Waals surface area contributed by atoms with Crippen LogP contribution in [0.2, 0.25) is 0 Å². The lowest BCUT2D eigenvalue weighted by molar-refractivity contribution is -0.131. The molecule has 8 heteroatoms. The average molecular weight is 315 g/mol. The van der Waals surface area contributed by atoms with Gasteiger partial charge >= 0.3 is 5.97 Å². The number of aliphatic hydroxyl groups excluding tert-OH is 1. The van der Waals surface area contributed by atoms with E-state index in [9.17, 15) is 13.2 Å². The second kappa shape index (κ2) is 7.89. The van der Waals surface area contributed by atoms with Gasteiger partial charge in [0.2, 0.25) is 10.0 Å². The van der Waals surface area contributed by atoms with E-state index in [-0.39, 0.29) is 18.1 Å². The normalized spacial score (nSPS) is 13.4. The van der Waals surface area contributed by atoms with Crippen molar-refractivity contribution in [1.82, 2.24) is 4.72 Å². The molecule has 0 aliphatic heterocycles. The highest BCUT2D eigenvalue weighted by Crippen LogP contribution is 2.12. The molecule has 1 rings (SSSR count). The van der Waals surface area contributed by atoms with Gasteiger partial charge < -0.3 is 14.9 Å². The third-order valence-electron chi connectivity index (χ3n) is 2.52. The van der Waals surface area contributed by atoms with Crippen LogP contribution in [0.4, 0.5) is 0 Å². The van der Waals surface area contributed by atoms with Crippen molar-refractivity contribution in [2.75, 3.05) is 20.3 Å². The van der Waals surface area contributed by atoms with Gasteiger partial charge in [-0.05, 0) is 23.8 Å². The first-order chi connectivity index (χ1) is 9.89. The van der Waals surface area contributed by atoms with Gasteiger partial charge in [0.25, 0.3) is 0 Å². The molecule has 1 aromatic rings. The van der Waals surface area contributed by atoms with Gasteiger partial charge in [0.1, 0.15) is 0 Å². The zero-order valence-corrected chi connectivity index (χ0v) is 12.2. The quantitative estimate of drug-likeness (QED) is 0.585. The number of nitrogens with one attached hydrogen (secondary N) is 1. The number of carboxylic acids is 1. The largest absolute Gasteiger partial charge is 0.478 e. The fraction of sp³-hybridized carbons (Fsp3) is 0.308. The Kier molecular flexibility index (Phi) is 6.50. The van der Waals surface area contributed by atoms with E-state index < -0.39 is 22.0 Å². The molecule has 0 aliphatic rings. The van der Waals surface area contributed by atoms with Gasteiger partial charge in [0.05, 0.1) is 24.2 Å². The van der Waals surface area contributed by atoms with E-state index in [2.05, 4.69) is 4.72 Å². The predicted molar refractivity (Wildman–Crippen MR) is 76.2 cm³/mol. The zero-order valence-electron chi connectivity index (χ0n) is 11.4. The van der Waals surface area contributed by atoms with Gasteiger partial charge in [-0.2, -0.15) is 0 Å². The van der Waals surface area contributed by atoms with Crippen LogP contribution in [0.5, 0.6) is 0 Å². The molecular formula is C13H17NO6S. The maximum Gasteiger partial charge on any atom is 0.328 e. The molecule has 0 saturated carbocycles. The molecule has 0 spiro atoms. The van der Waals surface area contributed by atoms with Crippen LogP contribution in [-0.4, -0.2) is 51.0 Å². The summed E-state index contributed by atoms with van der Waals surface area (Å²) in [7, 11) is -2.37. The Morgan fingerprint density at radius 3 is 2.48 bits per heavy atom. The highest BCUT2D eigenvalue weighted by molar-refractivity contribution is 7.89. The van der Waals surface area contributed by atoms with E-state index in [4.69, 9.17) is 14.9 Å². The fourth-order valence-electron chi connectivity index (χ4n) is 1.54. The molecule has 116 valence electrons. The molecule has 0 aliphatic carbocycles. The van der Waals surface area contributed by atoms with Crippen LogP contribution in [0.3, 0.4) is 0 Å². The molecule has 7 nitrogen and oxygen atoms in total. The first kappa shape index (κ1) is 17.3. The summed E-state index contributed by atoms with van der Waals surface area (Å²) in [5.41, 5.74) is 0.562. The van der Waals surface area contributed by atoms with Gasteiger partial charge in [-0.3, -0.25) is 0 Å². The number of aliphatic hydroxyl groups is 1. The molecule has 0 bridgehead atoms. The number of sulfonamides is 1. The number of aliphatic carboxylic acids is 1. The Morgan fingerprint density at radius 1 is 1.38 bits per heavy atom. The van der Waals surface area contributed by atoms with E-state index in [0.717, 1.165) is 6.08 Å². The Hall–Kier alpha value is -1.74. The molecule has 1 atom stereocenters. The number of ether oxygens (including phenoxy) is 1. The van der Waals surface area contributed by atoms with Crippen molar-refractivity contribution in [3.8, 4) is 0 Å². The van der Waals surface area contributed by atoms with Crippen LogP contribution in [0.25, 0.3) is 6.08 Å². The minimum atomic E-state index is -3.77. The molecule has 21 heavy (non-hydrogen) atoms. The van der Waals surface area contributed by atoms with E-state index in [1.165, 1.54) is 37.5 Å². The zero-order chi connectivity index (χ0) is 15.9. The molecule has 0 heterocycles. The number of hydrogen-bond acceptors (Lipinski definition) is 5. The van der Waals surface area contributed by atoms with Crippen LogP contribution in [0, 0.1) is 0 Å². The fourth-order valence-corrected chi connectivity index (χ4v) is 2.75. The standard InChI is InChI=1S/C13H17NO6S/c1-20-9-11(8-15)14-21(18,19)12-5-2-10(3-6-12)4-7-13(16)17/h2-7,11,14-15H,8-9H2,1H3,(H,16,17)/b7-4+. The smallest absolute Gasteiger partial charge is 0.328 e. The van der Waals surface area contributed by atoms with Crippen molar-refractivity contribution in [3.63, 3.8) is 0 Å². The highest BCUT2D eigenvalue weighted by atomic mass is 32.2. The summed E-state index contributed by atoms with van der Waals surface area (Å²) < 4.78 is 31.2. The minimum absolute atomic E-state index is 0.0181. The van der Waals surface area contributed by atoms with Crippen LogP contribution in [0.15, 0.2) is 35.2 Å². The molecule has 1 unspecified atom stereocenters. The summed E-state index contributed by atoms with van der Waals surface area (Å²) in [5, 5.41) is 17.6. The second-order valence-electron chi connectivity index (χ2n) is 4.20. The Balaban J connectivity index is 2.86. The first-order valence-corrected chi connectivity index (χ1v) is 7.50. The minimum Gasteiger partial charge on any atom is -0.478 e. The molecular weight excluding hydrogens is 298 g/mol. The molecule has 3 N–H and O–H groups in total. The number of benzene rings is 1. The van der Waals surface area contributed by atoms with Crippen LogP contribution >= 0.6 is 0 Å². The number of rotatable bonds is 8. The van der Waals surface area contributed by atoms with Gasteiger partial charge in [-0.15, -0.1) is 0 Å². The monoisotopic (exact) mass is 315 g/mol. The number of carboxylic acid groups (broad SMARTS) is 1. The molecule has 0 aromatic heterocycles. The summed E-state index contributed by atoms with van der Waals surface area (Å²) >= 11 is 0. The van der Waals surface area contributed by atoms with Gasteiger partial charge in [0, 0.05) is 13.2 Å². The van der Waals surface area contributed by atoms with Crippen molar-refractivity contribution in [2.24, 2.45) is 0 Å². The van der Waals surface area contributed by atoms with E-state index in [0.29, 0.717) is 5.56 Å². The summed E-state index contributed by atoms with van der Waals surface area (Å²) in [6.07, 6.45) is 2.32. The van der Waals surface area contributed by atoms with Crippen molar-refractivity contribution < 1.29 is 28.2 Å². The maximum atomic E-state index is 12.1. The average Bonchev–Trinajstić information content (AvgIpc) is 2.45. The third-order valence-corrected chi connectivity index (χ3v) is 4.06. The highest BCUT2D eigenvalue weighted by Gasteiger charge is 2.19. The Bertz CT molecular complexity index is 594. The van der Waals surface area contributed by atoms with E-state index in [1.807, 2.05) is 0 Å². The lowest BCUT2D eigenvalue weighted by Gasteiger charge is -2.15. The third kappa shape index (κ3) is 5.64. The number of carbonyl (C=O) groups is 1. The Morgan fingerprint density at radius 2 is 2.00 bits per heavy atom. The second-order valence-corrected chi connectivity index (χ2v) is 5.91. The SMILES string of the molecule is COCC(CO)NS(=O)(=O)c1ccc(/C=C/C(=O)O)cc1. The van der Waals surface area contributed by atoms with Crippen molar-refractivity contribution in [3.05, 3.63) is 35.9 Å². The number of hydrogen-bond donors (Lipinski definition) is 3. The van der Waals surface area contributed by atoms with Crippen LogP contribution in [0.1, 0.15) is 5.56 Å². The molecule has 0 amide bonds. The first-order valence-electron chi connectivity index (χ1n) is 6.02. The summed E-state index contributed by atoms with van der Waals surface area (Å²) in [6.45, 7) is -0.332. The lowest BCUT2D eigenvalue weighted by Crippen LogP contribution is -2.40. The van der Waals surface area contributed by atoms with Gasteiger partial charge in [-0.1, -0.05) is 12.1 Å². The molecule has 0 fully saturated rings. The van der Waals surface area contributed by atoms with Crippen molar-refractivity contribution in [2.45, 2.75) is 10.9 Å². The summed E-state index contributed by atoms with van der Waals surface area (Å²) in [6, 6.07) is 4.94. The van der Waals surface area contributed by atoms with Crippen molar-refractivity contribution in [1.29, 1.82) is 0 Å². The van der Waals surface area contributed by atoms with Gasteiger partial charge in [0.15, 0.2) is 0 Å². The molecule has 1 aromatic carbocycles. The Labute approximate surface area is 122 Å². The van der Waals surface area contributed by atoms with Crippen molar-refractivity contribution >= 4 is 22.1 Å². The topological polar surface area (TPSA) is 113 Å². The summed E-state index contributed by atoms with van der Waals surface area (Å²) in [4.78, 5) is 10.4.